The molecule has 3 aliphatic heterocycles. The lowest BCUT2D eigenvalue weighted by Gasteiger charge is -2.39. The molecule has 1 unspecified atom stereocenters. The quantitative estimate of drug-likeness (QED) is 0.292. The van der Waals surface area contributed by atoms with Crippen LogP contribution in [0.15, 0.2) is 54.6 Å². The van der Waals surface area contributed by atoms with Gasteiger partial charge in [0.05, 0.1) is 33.6 Å². The third-order valence-electron chi connectivity index (χ3n) is 9.62. The van der Waals surface area contributed by atoms with Crippen LogP contribution in [0, 0.1) is 17.7 Å². The van der Waals surface area contributed by atoms with Crippen LogP contribution >= 0.6 is 23.2 Å². The standard InChI is InChI=1S/C31H25Cl2FN4O4/c1-14-9-16(14)12-37-24-13-42-28-18-7-5-15(29(39)40)10-22(18)36-38(28)27(24)25(19-3-2-4-21(33)26(19)34)31(37)20-8-6-17(32)11-23(20)35-30(31)41/h2-8,10-11,14,16,24-25,27H,9,12-13H2,1H3,(H,35,41)(H,39,40)/t14?,16-,24+,25+,27-,31-/m1/s1. The summed E-state index contributed by atoms with van der Waals surface area (Å²) in [5.41, 5.74) is 0.849. The van der Waals surface area contributed by atoms with Crippen LogP contribution in [0.25, 0.3) is 10.9 Å². The van der Waals surface area contributed by atoms with Crippen LogP contribution in [0.1, 0.15) is 46.8 Å². The lowest BCUT2D eigenvalue weighted by atomic mass is 9.73. The minimum Gasteiger partial charge on any atom is -0.478 e. The Balaban J connectivity index is 1.43. The number of hydrogen-bond acceptors (Lipinski definition) is 5. The average Bonchev–Trinajstić information content (AvgIpc) is 3.29. The summed E-state index contributed by atoms with van der Waals surface area (Å²) in [6, 6.07) is 14.0. The molecular formula is C31H25Cl2FN4O4. The Hall–Kier alpha value is -3.66. The van der Waals surface area contributed by atoms with Crippen LogP contribution in [0.5, 0.6) is 5.88 Å². The molecule has 1 saturated heterocycles. The molecule has 0 bridgehead atoms. The molecule has 1 aromatic heterocycles. The first kappa shape index (κ1) is 26.0. The van der Waals surface area contributed by atoms with Crippen LogP contribution in [0.3, 0.4) is 0 Å². The maximum absolute atomic E-state index is 16.2. The van der Waals surface area contributed by atoms with Crippen molar-refractivity contribution in [2.45, 2.75) is 36.9 Å². The number of nitrogens with zero attached hydrogens (tertiary/aromatic N) is 3. The highest BCUT2D eigenvalue weighted by Crippen LogP contribution is 2.63. The zero-order valence-corrected chi connectivity index (χ0v) is 23.9. The Morgan fingerprint density at radius 1 is 1.21 bits per heavy atom. The molecule has 4 aliphatic rings. The third-order valence-corrected chi connectivity index (χ3v) is 10.1. The second-order valence-electron chi connectivity index (χ2n) is 11.8. The number of rotatable bonds is 4. The first-order chi connectivity index (χ1) is 20.2. The number of likely N-dealkylation sites (tertiary alicyclic amines) is 1. The number of nitrogens with one attached hydrogen (secondary N) is 1. The van der Waals surface area contributed by atoms with Gasteiger partial charge in [0, 0.05) is 28.7 Å². The molecule has 2 fully saturated rings. The van der Waals surface area contributed by atoms with E-state index in [0.717, 1.165) is 12.0 Å². The highest BCUT2D eigenvalue weighted by Gasteiger charge is 2.69. The average molecular weight is 607 g/mol. The number of benzene rings is 3. The summed E-state index contributed by atoms with van der Waals surface area (Å²) in [6.45, 7) is 3.04. The summed E-state index contributed by atoms with van der Waals surface area (Å²) < 4.78 is 24.3. The molecule has 8 rings (SSSR count). The largest absolute Gasteiger partial charge is 0.478 e. The number of amides is 1. The number of carboxylic acid groups (broad SMARTS) is 1. The van der Waals surface area contributed by atoms with Gasteiger partial charge in [0.1, 0.15) is 18.0 Å². The van der Waals surface area contributed by atoms with Gasteiger partial charge < -0.3 is 15.2 Å². The van der Waals surface area contributed by atoms with E-state index in [1.165, 1.54) is 18.2 Å². The van der Waals surface area contributed by atoms with Gasteiger partial charge in [-0.05, 0) is 60.2 Å². The van der Waals surface area contributed by atoms with E-state index in [0.29, 0.717) is 51.4 Å². The van der Waals surface area contributed by atoms with Gasteiger partial charge in [-0.2, -0.15) is 5.10 Å². The molecular weight excluding hydrogens is 582 g/mol. The topological polar surface area (TPSA) is 96.7 Å². The fourth-order valence-electron chi connectivity index (χ4n) is 7.55. The van der Waals surface area contributed by atoms with Crippen molar-refractivity contribution < 1.29 is 23.8 Å². The number of halogens is 3. The molecule has 1 aliphatic carbocycles. The lowest BCUT2D eigenvalue weighted by Crippen LogP contribution is -2.54. The Bertz CT molecular complexity index is 1850. The Morgan fingerprint density at radius 3 is 2.79 bits per heavy atom. The van der Waals surface area contributed by atoms with Crippen molar-refractivity contribution in [1.29, 1.82) is 0 Å². The molecule has 0 radical (unpaired) electrons. The van der Waals surface area contributed by atoms with Crippen LogP contribution in [-0.4, -0.2) is 50.9 Å². The first-order valence-electron chi connectivity index (χ1n) is 13.9. The van der Waals surface area contributed by atoms with Gasteiger partial charge in [-0.25, -0.2) is 13.9 Å². The summed E-state index contributed by atoms with van der Waals surface area (Å²) >= 11 is 12.7. The first-order valence-corrected chi connectivity index (χ1v) is 14.7. The van der Waals surface area contributed by atoms with E-state index < -0.39 is 29.3 Å². The number of aromatic nitrogens is 2. The summed E-state index contributed by atoms with van der Waals surface area (Å²) in [7, 11) is 0. The number of carboxylic acids is 1. The van der Waals surface area contributed by atoms with Crippen molar-refractivity contribution in [3.05, 3.63) is 87.2 Å². The molecule has 4 aromatic rings. The number of anilines is 1. The predicted octanol–water partition coefficient (Wildman–Crippen LogP) is 6.09. The molecule has 1 spiro atoms. The van der Waals surface area contributed by atoms with E-state index >= 15 is 4.39 Å². The van der Waals surface area contributed by atoms with Gasteiger partial charge in [-0.15, -0.1) is 0 Å². The van der Waals surface area contributed by atoms with E-state index in [9.17, 15) is 14.7 Å². The van der Waals surface area contributed by atoms with Crippen LogP contribution in [0.2, 0.25) is 10.0 Å². The van der Waals surface area contributed by atoms with Crippen molar-refractivity contribution in [2.24, 2.45) is 11.8 Å². The molecule has 42 heavy (non-hydrogen) atoms. The van der Waals surface area contributed by atoms with E-state index in [1.807, 2.05) is 6.07 Å². The molecule has 4 heterocycles. The molecule has 1 amide bonds. The summed E-state index contributed by atoms with van der Waals surface area (Å²) in [6.07, 6.45) is 1.03. The fraction of sp³-hybridized carbons (Fsp3) is 0.323. The molecule has 11 heteroatoms. The number of aromatic carboxylic acids is 1. The lowest BCUT2D eigenvalue weighted by molar-refractivity contribution is -0.128. The van der Waals surface area contributed by atoms with E-state index in [1.54, 1.807) is 35.0 Å². The number of carbonyl (C=O) groups is 2. The monoisotopic (exact) mass is 606 g/mol. The van der Waals surface area contributed by atoms with Gasteiger partial charge in [0.25, 0.3) is 0 Å². The molecule has 6 atom stereocenters. The van der Waals surface area contributed by atoms with E-state index in [-0.39, 0.29) is 29.1 Å². The van der Waals surface area contributed by atoms with Crippen molar-refractivity contribution in [3.63, 3.8) is 0 Å². The van der Waals surface area contributed by atoms with Gasteiger partial charge in [-0.1, -0.05) is 48.3 Å². The number of hydrogen-bond donors (Lipinski definition) is 2. The second-order valence-corrected chi connectivity index (χ2v) is 12.7. The molecule has 1 saturated carbocycles. The summed E-state index contributed by atoms with van der Waals surface area (Å²) in [5.74, 6) is -1.35. The maximum atomic E-state index is 16.2. The Kier molecular flexibility index (Phi) is 5.52. The SMILES string of the molecule is CC1C[C@@H]1CN1[C@H]2COc3c4ccc(C(=O)O)cc4nn3[C@H]2[C@H](c2cccc(Cl)c2F)[C@]12C(=O)Nc1cc(Cl)ccc12. The van der Waals surface area contributed by atoms with Crippen LogP contribution < -0.4 is 10.1 Å². The predicted molar refractivity (Wildman–Crippen MR) is 155 cm³/mol. The van der Waals surface area contributed by atoms with Crippen molar-refractivity contribution in [3.8, 4) is 5.88 Å². The summed E-state index contributed by atoms with van der Waals surface area (Å²) in [4.78, 5) is 28.4. The number of ether oxygens (including phenoxy) is 1. The zero-order valence-electron chi connectivity index (χ0n) is 22.4. The van der Waals surface area contributed by atoms with Crippen molar-refractivity contribution in [1.82, 2.24) is 14.7 Å². The fourth-order valence-corrected chi connectivity index (χ4v) is 7.91. The van der Waals surface area contributed by atoms with Gasteiger partial charge in [-0.3, -0.25) is 9.69 Å². The minimum absolute atomic E-state index is 0.0350. The van der Waals surface area contributed by atoms with E-state index in [2.05, 4.69) is 17.1 Å². The highest BCUT2D eigenvalue weighted by molar-refractivity contribution is 6.31. The number of fused-ring (bicyclic) bond motifs is 7. The van der Waals surface area contributed by atoms with Crippen LogP contribution in [-0.2, 0) is 10.3 Å². The van der Waals surface area contributed by atoms with Crippen molar-refractivity contribution >= 4 is 51.7 Å². The second kappa shape index (κ2) is 8.92. The normalized spacial score (nSPS) is 29.2. The molecule has 8 nitrogen and oxygen atoms in total. The maximum Gasteiger partial charge on any atom is 0.335 e. The number of carbonyl (C=O) groups excluding carboxylic acids is 1. The van der Waals surface area contributed by atoms with Gasteiger partial charge in [0.15, 0.2) is 0 Å². The van der Waals surface area contributed by atoms with Gasteiger partial charge >= 0.3 is 5.97 Å². The van der Waals surface area contributed by atoms with Crippen molar-refractivity contribution in [2.75, 3.05) is 18.5 Å². The Labute approximate surface area is 250 Å². The molecule has 2 N–H and O–H groups in total. The minimum atomic E-state index is -1.31. The third kappa shape index (κ3) is 3.41. The van der Waals surface area contributed by atoms with Gasteiger partial charge in [0.2, 0.25) is 11.8 Å². The highest BCUT2D eigenvalue weighted by atomic mass is 35.5. The zero-order chi connectivity index (χ0) is 29.1. The molecule has 3 aromatic carbocycles. The summed E-state index contributed by atoms with van der Waals surface area (Å²) in [5, 5.41) is 18.6. The van der Waals surface area contributed by atoms with Crippen LogP contribution in [0.4, 0.5) is 10.1 Å². The molecule has 214 valence electrons. The Morgan fingerprint density at radius 2 is 2.02 bits per heavy atom. The smallest absolute Gasteiger partial charge is 0.335 e. The van der Waals surface area contributed by atoms with E-state index in [4.69, 9.17) is 33.0 Å².